The van der Waals surface area contributed by atoms with Crippen molar-refractivity contribution >= 4 is 11.7 Å². The number of hydrogen-bond donors (Lipinski definition) is 2. The summed E-state index contributed by atoms with van der Waals surface area (Å²) in [5.74, 6) is 0.0107. The van der Waals surface area contributed by atoms with E-state index in [0.717, 1.165) is 11.3 Å². The van der Waals surface area contributed by atoms with Crippen LogP contribution in [0.3, 0.4) is 0 Å². The van der Waals surface area contributed by atoms with Crippen molar-refractivity contribution in [2.45, 2.75) is 12.6 Å². The summed E-state index contributed by atoms with van der Waals surface area (Å²) in [5, 5.41) is 9.55. The number of rotatable bonds is 8. The highest BCUT2D eigenvalue weighted by Crippen LogP contribution is 2.31. The zero-order chi connectivity index (χ0) is 22.3. The van der Waals surface area contributed by atoms with Crippen LogP contribution in [0.5, 0.6) is 11.5 Å². The van der Waals surface area contributed by atoms with Crippen molar-refractivity contribution < 1.29 is 27.4 Å². The quantitative estimate of drug-likeness (QED) is 0.558. The number of nitrogens with zero attached hydrogens (tertiary/aromatic N) is 2. The largest absolute Gasteiger partial charge is 0.493 e. The van der Waals surface area contributed by atoms with Gasteiger partial charge >= 0.3 is 12.2 Å². The van der Waals surface area contributed by atoms with E-state index in [2.05, 4.69) is 15.7 Å². The molecule has 2 amide bonds. The van der Waals surface area contributed by atoms with Gasteiger partial charge in [-0.3, -0.25) is 0 Å². The maximum Gasteiger partial charge on any atom is 0.422 e. The predicted molar refractivity (Wildman–Crippen MR) is 109 cm³/mol. The first-order valence-corrected chi connectivity index (χ1v) is 9.35. The summed E-state index contributed by atoms with van der Waals surface area (Å²) in [7, 11) is 1.32. The number of anilines is 1. The maximum atomic E-state index is 12.4. The number of methoxy groups -OCH3 is 1. The van der Waals surface area contributed by atoms with Gasteiger partial charge in [0.1, 0.15) is 0 Å². The lowest BCUT2D eigenvalue weighted by Gasteiger charge is -2.14. The summed E-state index contributed by atoms with van der Waals surface area (Å²) in [4.78, 5) is 12.1. The molecule has 0 saturated carbocycles. The molecule has 7 nitrogen and oxygen atoms in total. The number of ether oxygens (including phenoxy) is 2. The number of amides is 2. The van der Waals surface area contributed by atoms with Crippen molar-refractivity contribution in [2.75, 3.05) is 25.6 Å². The number of halogens is 3. The molecule has 3 rings (SSSR count). The van der Waals surface area contributed by atoms with E-state index in [1.165, 1.54) is 25.3 Å². The zero-order valence-electron chi connectivity index (χ0n) is 16.6. The minimum atomic E-state index is -4.49. The Morgan fingerprint density at radius 3 is 2.61 bits per heavy atom. The zero-order valence-corrected chi connectivity index (χ0v) is 16.6. The highest BCUT2D eigenvalue weighted by molar-refractivity contribution is 5.89. The lowest BCUT2D eigenvalue weighted by atomic mass is 10.2. The van der Waals surface area contributed by atoms with Gasteiger partial charge in [0.2, 0.25) is 0 Å². The van der Waals surface area contributed by atoms with Gasteiger partial charge in [-0.25, -0.2) is 9.48 Å². The Morgan fingerprint density at radius 2 is 1.90 bits per heavy atom. The number of nitrogens with one attached hydrogen (secondary N) is 2. The highest BCUT2D eigenvalue weighted by Gasteiger charge is 2.29. The SMILES string of the molecule is COc1ccc(NC(=O)NCCc2cnn(-c3ccccc3)c2)cc1OCC(F)(F)F. The van der Waals surface area contributed by atoms with E-state index >= 15 is 0 Å². The monoisotopic (exact) mass is 434 g/mol. The third-order valence-electron chi connectivity index (χ3n) is 4.17. The van der Waals surface area contributed by atoms with Crippen LogP contribution in [0.4, 0.5) is 23.7 Å². The number of benzene rings is 2. The van der Waals surface area contributed by atoms with Gasteiger partial charge in [-0.1, -0.05) is 18.2 Å². The second kappa shape index (κ2) is 9.88. The van der Waals surface area contributed by atoms with Gasteiger partial charge in [0, 0.05) is 24.5 Å². The Morgan fingerprint density at radius 1 is 1.13 bits per heavy atom. The van der Waals surface area contributed by atoms with Crippen molar-refractivity contribution in [1.82, 2.24) is 15.1 Å². The van der Waals surface area contributed by atoms with Gasteiger partial charge in [-0.05, 0) is 36.2 Å². The van der Waals surface area contributed by atoms with E-state index in [0.29, 0.717) is 13.0 Å². The Bertz CT molecular complexity index is 1010. The summed E-state index contributed by atoms with van der Waals surface area (Å²) in [6.07, 6.45) is -0.327. The third-order valence-corrected chi connectivity index (χ3v) is 4.17. The topological polar surface area (TPSA) is 77.4 Å². The summed E-state index contributed by atoms with van der Waals surface area (Å²) in [6, 6.07) is 13.3. The van der Waals surface area contributed by atoms with Gasteiger partial charge < -0.3 is 20.1 Å². The number of para-hydroxylation sites is 1. The van der Waals surface area contributed by atoms with Crippen LogP contribution in [0.15, 0.2) is 60.9 Å². The molecule has 0 spiro atoms. The molecule has 31 heavy (non-hydrogen) atoms. The molecule has 2 N–H and O–H groups in total. The van der Waals surface area contributed by atoms with Crippen molar-refractivity contribution in [1.29, 1.82) is 0 Å². The molecule has 0 aliphatic heterocycles. The Labute approximate surface area is 176 Å². The number of carbonyl (C=O) groups excluding carboxylic acids is 1. The summed E-state index contributed by atoms with van der Waals surface area (Å²) < 4.78 is 48.7. The number of aromatic nitrogens is 2. The Balaban J connectivity index is 1.51. The van der Waals surface area contributed by atoms with Crippen molar-refractivity contribution in [3.63, 3.8) is 0 Å². The minimum absolute atomic E-state index is 0.119. The number of carbonyl (C=O) groups is 1. The van der Waals surface area contributed by atoms with Crippen LogP contribution in [-0.2, 0) is 6.42 Å². The molecule has 0 unspecified atom stereocenters. The molecule has 0 fully saturated rings. The smallest absolute Gasteiger partial charge is 0.422 e. The van der Waals surface area contributed by atoms with E-state index in [1.807, 2.05) is 36.5 Å². The summed E-state index contributed by atoms with van der Waals surface area (Å²) >= 11 is 0. The van der Waals surface area contributed by atoms with Crippen LogP contribution in [0.25, 0.3) is 5.69 Å². The van der Waals surface area contributed by atoms with Crippen molar-refractivity contribution in [3.8, 4) is 17.2 Å². The normalized spacial score (nSPS) is 11.1. The number of urea groups is 1. The van der Waals surface area contributed by atoms with E-state index in [9.17, 15) is 18.0 Å². The predicted octanol–water partition coefficient (Wildman–Crippen LogP) is 4.19. The molecule has 0 bridgehead atoms. The molecule has 3 aromatic rings. The van der Waals surface area contributed by atoms with Gasteiger partial charge in [0.25, 0.3) is 0 Å². The molecular weight excluding hydrogens is 413 g/mol. The second-order valence-electron chi connectivity index (χ2n) is 6.53. The van der Waals surface area contributed by atoms with E-state index in [-0.39, 0.29) is 17.2 Å². The van der Waals surface area contributed by atoms with E-state index in [4.69, 9.17) is 9.47 Å². The van der Waals surface area contributed by atoms with Gasteiger partial charge in [-0.2, -0.15) is 18.3 Å². The Hall–Kier alpha value is -3.69. The number of hydrogen-bond acceptors (Lipinski definition) is 4. The fraction of sp³-hybridized carbons (Fsp3) is 0.238. The summed E-state index contributed by atoms with van der Waals surface area (Å²) in [5.41, 5.74) is 2.14. The average molecular weight is 434 g/mol. The summed E-state index contributed by atoms with van der Waals surface area (Å²) in [6.45, 7) is -1.12. The molecule has 10 heteroatoms. The molecule has 2 aromatic carbocycles. The lowest BCUT2D eigenvalue weighted by Crippen LogP contribution is -2.30. The van der Waals surface area contributed by atoms with Crippen LogP contribution in [0.1, 0.15) is 5.56 Å². The van der Waals surface area contributed by atoms with Crippen molar-refractivity contribution in [2.24, 2.45) is 0 Å². The second-order valence-corrected chi connectivity index (χ2v) is 6.53. The average Bonchev–Trinajstić information content (AvgIpc) is 3.21. The Kier molecular flexibility index (Phi) is 7.01. The fourth-order valence-corrected chi connectivity index (χ4v) is 2.73. The first-order chi connectivity index (χ1) is 14.8. The van der Waals surface area contributed by atoms with Gasteiger partial charge in [-0.15, -0.1) is 0 Å². The first-order valence-electron chi connectivity index (χ1n) is 9.35. The van der Waals surface area contributed by atoms with E-state index in [1.54, 1.807) is 10.9 Å². The molecule has 0 aliphatic rings. The van der Waals surface area contributed by atoms with E-state index < -0.39 is 18.8 Å². The molecule has 0 saturated heterocycles. The molecule has 0 radical (unpaired) electrons. The lowest BCUT2D eigenvalue weighted by molar-refractivity contribution is -0.153. The molecule has 0 atom stereocenters. The van der Waals surface area contributed by atoms with Crippen LogP contribution in [-0.4, -0.2) is 42.2 Å². The fourth-order valence-electron chi connectivity index (χ4n) is 2.73. The molecule has 164 valence electrons. The van der Waals surface area contributed by atoms with Crippen LogP contribution in [0.2, 0.25) is 0 Å². The van der Waals surface area contributed by atoms with Crippen LogP contribution < -0.4 is 20.1 Å². The maximum absolute atomic E-state index is 12.4. The highest BCUT2D eigenvalue weighted by atomic mass is 19.4. The molecule has 0 aliphatic carbocycles. The third kappa shape index (κ3) is 6.66. The minimum Gasteiger partial charge on any atom is -0.493 e. The van der Waals surface area contributed by atoms with Crippen LogP contribution in [0, 0.1) is 0 Å². The van der Waals surface area contributed by atoms with Crippen LogP contribution >= 0.6 is 0 Å². The van der Waals surface area contributed by atoms with Crippen molar-refractivity contribution in [3.05, 3.63) is 66.5 Å². The van der Waals surface area contributed by atoms with Gasteiger partial charge in [0.05, 0.1) is 19.0 Å². The number of alkyl halides is 3. The van der Waals surface area contributed by atoms with Gasteiger partial charge in [0.15, 0.2) is 18.1 Å². The molecular formula is C21H21F3N4O3. The first kappa shape index (κ1) is 22.0. The molecule has 1 heterocycles. The standard InChI is InChI=1S/C21H21F3N4O3/c1-30-18-8-7-16(11-19(18)31-14-21(22,23)24)27-20(29)25-10-9-15-12-26-28(13-15)17-5-3-2-4-6-17/h2-8,11-13H,9-10,14H2,1H3,(H2,25,27,29). The molecule has 1 aromatic heterocycles.